The second kappa shape index (κ2) is 8.46. The second-order valence-corrected chi connectivity index (χ2v) is 8.28. The number of fused-ring (bicyclic) bond motifs is 3. The summed E-state index contributed by atoms with van der Waals surface area (Å²) in [5.41, 5.74) is 1.78. The summed E-state index contributed by atoms with van der Waals surface area (Å²) in [4.78, 5) is 29.8. The fraction of sp³-hybridized carbons (Fsp3) is 0.154. The van der Waals surface area contributed by atoms with E-state index in [1.807, 2.05) is 30.3 Å². The van der Waals surface area contributed by atoms with Crippen LogP contribution in [0.25, 0.3) is 21.9 Å². The minimum Gasteiger partial charge on any atom is -0.333 e. The van der Waals surface area contributed by atoms with E-state index in [4.69, 9.17) is 0 Å². The third kappa shape index (κ3) is 3.66. The van der Waals surface area contributed by atoms with Gasteiger partial charge in [-0.1, -0.05) is 36.4 Å². The van der Waals surface area contributed by atoms with Crippen molar-refractivity contribution in [3.05, 3.63) is 105 Å². The lowest BCUT2D eigenvalue weighted by molar-refractivity contribution is 0.0718. The zero-order valence-electron chi connectivity index (χ0n) is 18.2. The highest BCUT2D eigenvalue weighted by Gasteiger charge is 2.31. The fourth-order valence-corrected chi connectivity index (χ4v) is 4.51. The number of nitrogens with one attached hydrogen (secondary N) is 2. The summed E-state index contributed by atoms with van der Waals surface area (Å²) in [5, 5.41) is 3.33. The highest BCUT2D eigenvalue weighted by atomic mass is 19.2. The first-order valence-electron chi connectivity index (χ1n) is 10.7. The lowest BCUT2D eigenvalue weighted by Crippen LogP contribution is -2.42. The minimum atomic E-state index is -1.13. The second-order valence-electron chi connectivity index (χ2n) is 8.28. The van der Waals surface area contributed by atoms with Gasteiger partial charge in [-0.2, -0.15) is 0 Å². The largest absolute Gasteiger partial charge is 0.333 e. The fourth-order valence-electron chi connectivity index (χ4n) is 4.51. The predicted octanol–water partition coefficient (Wildman–Crippen LogP) is 4.53. The van der Waals surface area contributed by atoms with Gasteiger partial charge < -0.3 is 15.2 Å². The molecule has 5 nitrogen and oxygen atoms in total. The predicted molar refractivity (Wildman–Crippen MR) is 123 cm³/mol. The number of likely N-dealkylation sites (N-methyl/N-ethyl adjacent to an activating group) is 1. The molecule has 1 aliphatic heterocycles. The monoisotopic (exact) mass is 463 g/mol. The van der Waals surface area contributed by atoms with Crippen molar-refractivity contribution < 1.29 is 18.0 Å². The number of hydrogen-bond donors (Lipinski definition) is 2. The average Bonchev–Trinajstić information content (AvgIpc) is 2.84. The number of halogens is 3. The zero-order chi connectivity index (χ0) is 24.0. The molecule has 1 atom stereocenters. The van der Waals surface area contributed by atoms with Gasteiger partial charge in [0, 0.05) is 31.4 Å². The number of amides is 1. The first-order valence-corrected chi connectivity index (χ1v) is 10.7. The number of carbonyl (C=O) groups is 1. The van der Waals surface area contributed by atoms with E-state index in [2.05, 4.69) is 10.3 Å². The Balaban J connectivity index is 1.55. The molecular formula is C26H20F3N3O2. The molecule has 2 N–H and O–H groups in total. The third-order valence-corrected chi connectivity index (χ3v) is 6.25. The Kier molecular flexibility index (Phi) is 5.45. The van der Waals surface area contributed by atoms with Crippen molar-refractivity contribution in [2.45, 2.75) is 12.6 Å². The molecule has 3 aromatic carbocycles. The van der Waals surface area contributed by atoms with Crippen LogP contribution in [0.5, 0.6) is 0 Å². The molecule has 0 radical (unpaired) electrons. The first-order chi connectivity index (χ1) is 16.3. The SMILES string of the molecule is CN(C(=O)c1ccc(-c2ccccc2)cc1F)[C@@H]1CNCc2[nH]c(=O)c3cc(F)c(F)cc3c21. The van der Waals surface area contributed by atoms with Crippen LogP contribution in [-0.4, -0.2) is 29.4 Å². The summed E-state index contributed by atoms with van der Waals surface area (Å²) in [7, 11) is 1.52. The number of rotatable bonds is 3. The van der Waals surface area contributed by atoms with E-state index in [0.29, 0.717) is 23.4 Å². The van der Waals surface area contributed by atoms with Gasteiger partial charge in [-0.3, -0.25) is 9.59 Å². The Hall–Kier alpha value is -3.91. The van der Waals surface area contributed by atoms with Gasteiger partial charge in [0.15, 0.2) is 11.6 Å². The van der Waals surface area contributed by atoms with E-state index in [1.165, 1.54) is 24.1 Å². The maximum Gasteiger partial charge on any atom is 0.257 e. The number of benzene rings is 3. The van der Waals surface area contributed by atoms with E-state index >= 15 is 4.39 Å². The number of hydrogen-bond acceptors (Lipinski definition) is 3. The van der Waals surface area contributed by atoms with Crippen LogP contribution in [0.2, 0.25) is 0 Å². The van der Waals surface area contributed by atoms with Gasteiger partial charge in [0.1, 0.15) is 5.82 Å². The molecule has 172 valence electrons. The molecule has 0 aliphatic carbocycles. The topological polar surface area (TPSA) is 65.2 Å². The van der Waals surface area contributed by atoms with Crippen LogP contribution in [0.3, 0.4) is 0 Å². The van der Waals surface area contributed by atoms with Gasteiger partial charge in [0.05, 0.1) is 17.0 Å². The van der Waals surface area contributed by atoms with Gasteiger partial charge in [-0.25, -0.2) is 13.2 Å². The molecule has 0 fully saturated rings. The molecule has 1 amide bonds. The van der Waals surface area contributed by atoms with Crippen LogP contribution in [0.15, 0.2) is 65.5 Å². The highest BCUT2D eigenvalue weighted by Crippen LogP contribution is 2.33. The molecule has 1 aromatic heterocycles. The summed E-state index contributed by atoms with van der Waals surface area (Å²) in [6, 6.07) is 14.9. The van der Waals surface area contributed by atoms with Crippen molar-refractivity contribution in [2.24, 2.45) is 0 Å². The van der Waals surface area contributed by atoms with Crippen molar-refractivity contribution in [1.29, 1.82) is 0 Å². The number of H-pyrrole nitrogens is 1. The Bertz CT molecular complexity index is 1480. The lowest BCUT2D eigenvalue weighted by Gasteiger charge is -2.34. The van der Waals surface area contributed by atoms with Gasteiger partial charge in [-0.15, -0.1) is 0 Å². The van der Waals surface area contributed by atoms with E-state index in [0.717, 1.165) is 17.7 Å². The smallest absolute Gasteiger partial charge is 0.257 e. The Morgan fingerprint density at radius 1 is 0.912 bits per heavy atom. The molecule has 2 heterocycles. The Morgan fingerprint density at radius 3 is 2.32 bits per heavy atom. The van der Waals surface area contributed by atoms with E-state index < -0.39 is 35.0 Å². The average molecular weight is 463 g/mol. The molecule has 0 saturated heterocycles. The van der Waals surface area contributed by atoms with Crippen LogP contribution in [0.4, 0.5) is 13.2 Å². The van der Waals surface area contributed by atoms with E-state index in [-0.39, 0.29) is 22.9 Å². The zero-order valence-corrected chi connectivity index (χ0v) is 18.2. The number of aromatic amines is 1. The highest BCUT2D eigenvalue weighted by molar-refractivity contribution is 5.96. The maximum absolute atomic E-state index is 15.0. The van der Waals surface area contributed by atoms with Crippen LogP contribution in [0.1, 0.15) is 27.7 Å². The number of nitrogens with zero attached hydrogens (tertiary/aromatic N) is 1. The van der Waals surface area contributed by atoms with E-state index in [9.17, 15) is 18.4 Å². The Morgan fingerprint density at radius 2 is 1.62 bits per heavy atom. The van der Waals surface area contributed by atoms with Crippen molar-refractivity contribution in [2.75, 3.05) is 13.6 Å². The number of pyridine rings is 1. The summed E-state index contributed by atoms with van der Waals surface area (Å²) in [5.74, 6) is -3.46. The standard InChI is InChI=1S/C26H20F3N3O2/c1-32(26(34)16-8-7-15(9-19(16)27)14-5-3-2-4-6-14)23-13-30-12-22-24(23)17-10-20(28)21(29)11-18(17)25(33)31-22/h2-11,23,30H,12-13H2,1H3,(H,31,33)/t23-/m1/s1. The van der Waals surface area contributed by atoms with Crippen LogP contribution in [-0.2, 0) is 6.54 Å². The molecule has 34 heavy (non-hydrogen) atoms. The van der Waals surface area contributed by atoms with Crippen molar-refractivity contribution in [3.63, 3.8) is 0 Å². The summed E-state index contributed by atoms with van der Waals surface area (Å²) < 4.78 is 42.9. The van der Waals surface area contributed by atoms with Crippen molar-refractivity contribution in [1.82, 2.24) is 15.2 Å². The summed E-state index contributed by atoms with van der Waals surface area (Å²) >= 11 is 0. The molecular weight excluding hydrogens is 443 g/mol. The molecule has 0 spiro atoms. The molecule has 0 bridgehead atoms. The number of carbonyl (C=O) groups excluding carboxylic acids is 1. The Labute approximate surface area is 192 Å². The minimum absolute atomic E-state index is 0.0104. The van der Waals surface area contributed by atoms with Crippen LogP contribution >= 0.6 is 0 Å². The van der Waals surface area contributed by atoms with Crippen molar-refractivity contribution in [3.8, 4) is 11.1 Å². The quantitative estimate of drug-likeness (QED) is 0.469. The van der Waals surface area contributed by atoms with Crippen LogP contribution < -0.4 is 10.9 Å². The van der Waals surface area contributed by atoms with Gasteiger partial charge in [-0.05, 0) is 40.8 Å². The summed E-state index contributed by atoms with van der Waals surface area (Å²) in [6.07, 6.45) is 0. The normalized spacial score (nSPS) is 15.2. The lowest BCUT2D eigenvalue weighted by atomic mass is 9.93. The van der Waals surface area contributed by atoms with Crippen LogP contribution in [0, 0.1) is 17.5 Å². The molecule has 0 unspecified atom stereocenters. The van der Waals surface area contributed by atoms with Crippen molar-refractivity contribution >= 4 is 16.7 Å². The molecule has 8 heteroatoms. The van der Waals surface area contributed by atoms with Gasteiger partial charge in [0.25, 0.3) is 11.5 Å². The summed E-state index contributed by atoms with van der Waals surface area (Å²) in [6.45, 7) is 0.581. The van der Waals surface area contributed by atoms with Gasteiger partial charge in [0.2, 0.25) is 0 Å². The molecule has 4 aromatic rings. The molecule has 0 saturated carbocycles. The maximum atomic E-state index is 15.0. The molecule has 1 aliphatic rings. The van der Waals surface area contributed by atoms with E-state index in [1.54, 1.807) is 6.07 Å². The van der Waals surface area contributed by atoms with Gasteiger partial charge >= 0.3 is 0 Å². The third-order valence-electron chi connectivity index (χ3n) is 6.25. The molecule has 5 rings (SSSR count). The number of aromatic nitrogens is 1. The first kappa shape index (κ1) is 21.9.